The molecule has 6 heteroatoms. The average molecular weight is 433 g/mol. The first-order valence-corrected chi connectivity index (χ1v) is 8.13. The van der Waals surface area contributed by atoms with Gasteiger partial charge < -0.3 is 20.1 Å². The highest BCUT2D eigenvalue weighted by atomic mass is 127. The third-order valence-electron chi connectivity index (χ3n) is 3.57. The summed E-state index contributed by atoms with van der Waals surface area (Å²) >= 11 is 0. The lowest BCUT2D eigenvalue weighted by molar-refractivity contribution is 0.311. The van der Waals surface area contributed by atoms with Gasteiger partial charge in [0.15, 0.2) is 17.5 Å². The SMILES string of the molecule is CCNC(=NCCC1CC1)Nc1ccc(OCC)c(OC)c1.I. The third-order valence-corrected chi connectivity index (χ3v) is 3.57. The molecule has 1 fully saturated rings. The molecule has 0 aromatic heterocycles. The number of aliphatic imine (C=N–C) groups is 1. The lowest BCUT2D eigenvalue weighted by Gasteiger charge is -2.14. The molecule has 0 spiro atoms. The summed E-state index contributed by atoms with van der Waals surface area (Å²) < 4.78 is 10.9. The van der Waals surface area contributed by atoms with E-state index in [1.54, 1.807) is 7.11 Å². The Morgan fingerprint density at radius 1 is 1.26 bits per heavy atom. The highest BCUT2D eigenvalue weighted by Crippen LogP contribution is 2.32. The second-order valence-electron chi connectivity index (χ2n) is 5.42. The smallest absolute Gasteiger partial charge is 0.195 e. The van der Waals surface area contributed by atoms with Crippen molar-refractivity contribution in [1.82, 2.24) is 5.32 Å². The maximum absolute atomic E-state index is 5.53. The van der Waals surface area contributed by atoms with Crippen LogP contribution in [0.2, 0.25) is 0 Å². The molecule has 0 unspecified atom stereocenters. The van der Waals surface area contributed by atoms with Gasteiger partial charge in [-0.1, -0.05) is 12.8 Å². The van der Waals surface area contributed by atoms with E-state index < -0.39 is 0 Å². The molecule has 0 amide bonds. The summed E-state index contributed by atoms with van der Waals surface area (Å²) in [5.41, 5.74) is 0.937. The number of hydrogen-bond donors (Lipinski definition) is 2. The van der Waals surface area contributed by atoms with Crippen LogP contribution in [0.15, 0.2) is 23.2 Å². The van der Waals surface area contributed by atoms with Gasteiger partial charge in [0, 0.05) is 24.8 Å². The topological polar surface area (TPSA) is 54.9 Å². The van der Waals surface area contributed by atoms with E-state index in [4.69, 9.17) is 9.47 Å². The van der Waals surface area contributed by atoms with E-state index >= 15 is 0 Å². The van der Waals surface area contributed by atoms with Crippen LogP contribution in [0.25, 0.3) is 0 Å². The van der Waals surface area contributed by atoms with Crippen molar-refractivity contribution in [2.24, 2.45) is 10.9 Å². The molecule has 0 saturated heterocycles. The second-order valence-corrected chi connectivity index (χ2v) is 5.42. The summed E-state index contributed by atoms with van der Waals surface area (Å²) in [6.45, 7) is 6.35. The van der Waals surface area contributed by atoms with Gasteiger partial charge in [0.05, 0.1) is 13.7 Å². The van der Waals surface area contributed by atoms with Crippen LogP contribution in [0.4, 0.5) is 5.69 Å². The zero-order chi connectivity index (χ0) is 15.8. The number of guanidine groups is 1. The number of benzene rings is 1. The molecule has 5 nitrogen and oxygen atoms in total. The lowest BCUT2D eigenvalue weighted by atomic mass is 10.2. The minimum atomic E-state index is 0. The lowest BCUT2D eigenvalue weighted by Crippen LogP contribution is -2.30. The standard InChI is InChI=1S/C17H27N3O2.HI/c1-4-18-17(19-11-10-13-6-7-13)20-14-8-9-15(22-5-2)16(12-14)21-3;/h8-9,12-13H,4-7,10-11H2,1-3H3,(H2,18,19,20);1H. The average Bonchev–Trinajstić information content (AvgIpc) is 3.33. The van der Waals surface area contributed by atoms with Gasteiger partial charge in [-0.15, -0.1) is 24.0 Å². The van der Waals surface area contributed by atoms with Gasteiger partial charge in [0.25, 0.3) is 0 Å². The molecule has 0 radical (unpaired) electrons. The van der Waals surface area contributed by atoms with E-state index in [0.717, 1.165) is 42.2 Å². The van der Waals surface area contributed by atoms with Crippen LogP contribution < -0.4 is 20.1 Å². The first kappa shape index (κ1) is 19.9. The Morgan fingerprint density at radius 3 is 2.65 bits per heavy atom. The van der Waals surface area contributed by atoms with Crippen molar-refractivity contribution in [3.63, 3.8) is 0 Å². The summed E-state index contributed by atoms with van der Waals surface area (Å²) in [5, 5.41) is 6.59. The number of anilines is 1. The zero-order valence-corrected chi connectivity index (χ0v) is 16.6. The molecule has 2 rings (SSSR count). The van der Waals surface area contributed by atoms with Crippen LogP contribution in [-0.4, -0.2) is 32.8 Å². The quantitative estimate of drug-likeness (QED) is 0.371. The Bertz CT molecular complexity index is 505. The number of nitrogens with one attached hydrogen (secondary N) is 2. The summed E-state index contributed by atoms with van der Waals surface area (Å²) in [6.07, 6.45) is 3.92. The molecule has 1 aromatic rings. The molecule has 1 aliphatic rings. The van der Waals surface area contributed by atoms with Gasteiger partial charge in [-0.2, -0.15) is 0 Å². The van der Waals surface area contributed by atoms with E-state index in [9.17, 15) is 0 Å². The molecule has 0 aliphatic heterocycles. The molecule has 0 bridgehead atoms. The van der Waals surface area contributed by atoms with Gasteiger partial charge in [-0.3, -0.25) is 4.99 Å². The first-order valence-electron chi connectivity index (χ1n) is 8.13. The summed E-state index contributed by atoms with van der Waals surface area (Å²) in [5.74, 6) is 3.19. The second kappa shape index (κ2) is 10.6. The van der Waals surface area contributed by atoms with E-state index in [0.29, 0.717) is 6.61 Å². The van der Waals surface area contributed by atoms with Crippen molar-refractivity contribution >= 4 is 35.6 Å². The van der Waals surface area contributed by atoms with E-state index in [2.05, 4.69) is 22.5 Å². The molecule has 2 N–H and O–H groups in total. The van der Waals surface area contributed by atoms with Gasteiger partial charge in [0.1, 0.15) is 0 Å². The minimum absolute atomic E-state index is 0. The number of methoxy groups -OCH3 is 1. The number of nitrogens with zero attached hydrogens (tertiary/aromatic N) is 1. The fourth-order valence-corrected chi connectivity index (χ4v) is 2.23. The van der Waals surface area contributed by atoms with Crippen LogP contribution >= 0.6 is 24.0 Å². The molecule has 23 heavy (non-hydrogen) atoms. The molecule has 1 saturated carbocycles. The Labute approximate surface area is 156 Å². The summed E-state index contributed by atoms with van der Waals surface area (Å²) in [4.78, 5) is 4.63. The van der Waals surface area contributed by atoms with Crippen molar-refractivity contribution in [2.75, 3.05) is 32.1 Å². The van der Waals surface area contributed by atoms with Crippen LogP contribution in [-0.2, 0) is 0 Å². The highest BCUT2D eigenvalue weighted by Gasteiger charge is 2.20. The fourth-order valence-electron chi connectivity index (χ4n) is 2.23. The monoisotopic (exact) mass is 433 g/mol. The van der Waals surface area contributed by atoms with Crippen molar-refractivity contribution in [3.05, 3.63) is 18.2 Å². The van der Waals surface area contributed by atoms with Crippen LogP contribution in [0.1, 0.15) is 33.1 Å². The summed E-state index contributed by atoms with van der Waals surface area (Å²) in [6, 6.07) is 5.82. The number of rotatable bonds is 8. The number of halogens is 1. The van der Waals surface area contributed by atoms with Crippen molar-refractivity contribution < 1.29 is 9.47 Å². The van der Waals surface area contributed by atoms with E-state index in [1.165, 1.54) is 19.3 Å². The van der Waals surface area contributed by atoms with E-state index in [1.807, 2.05) is 25.1 Å². The third kappa shape index (κ3) is 6.85. The molecule has 1 aliphatic carbocycles. The van der Waals surface area contributed by atoms with Crippen molar-refractivity contribution in [2.45, 2.75) is 33.1 Å². The van der Waals surface area contributed by atoms with Gasteiger partial charge >= 0.3 is 0 Å². The largest absolute Gasteiger partial charge is 0.493 e. The highest BCUT2D eigenvalue weighted by molar-refractivity contribution is 14.0. The number of ether oxygens (including phenoxy) is 2. The Balaban J connectivity index is 0.00000264. The Hall–Kier alpha value is -1.18. The molecular weight excluding hydrogens is 405 g/mol. The van der Waals surface area contributed by atoms with Crippen molar-refractivity contribution in [3.8, 4) is 11.5 Å². The molecule has 0 atom stereocenters. The first-order chi connectivity index (χ1) is 10.8. The summed E-state index contributed by atoms with van der Waals surface area (Å²) in [7, 11) is 1.65. The maximum Gasteiger partial charge on any atom is 0.195 e. The predicted octanol–water partition coefficient (Wildman–Crippen LogP) is 3.89. The molecular formula is C17H28IN3O2. The number of hydrogen-bond acceptors (Lipinski definition) is 3. The van der Waals surface area contributed by atoms with Crippen LogP contribution in [0, 0.1) is 5.92 Å². The van der Waals surface area contributed by atoms with Gasteiger partial charge in [-0.25, -0.2) is 0 Å². The zero-order valence-electron chi connectivity index (χ0n) is 14.2. The van der Waals surface area contributed by atoms with E-state index in [-0.39, 0.29) is 24.0 Å². The minimum Gasteiger partial charge on any atom is -0.493 e. The Morgan fingerprint density at radius 2 is 2.04 bits per heavy atom. The Kier molecular flexibility index (Phi) is 9.13. The van der Waals surface area contributed by atoms with Gasteiger partial charge in [0.2, 0.25) is 0 Å². The molecule has 130 valence electrons. The van der Waals surface area contributed by atoms with Gasteiger partial charge in [-0.05, 0) is 38.3 Å². The normalized spacial score (nSPS) is 14.0. The van der Waals surface area contributed by atoms with Crippen LogP contribution in [0.3, 0.4) is 0 Å². The fraction of sp³-hybridized carbons (Fsp3) is 0.588. The maximum atomic E-state index is 5.53. The van der Waals surface area contributed by atoms with Crippen molar-refractivity contribution in [1.29, 1.82) is 0 Å². The van der Waals surface area contributed by atoms with Crippen LogP contribution in [0.5, 0.6) is 11.5 Å². The molecule has 1 aromatic carbocycles. The predicted molar refractivity (Wildman–Crippen MR) is 107 cm³/mol. The molecule has 0 heterocycles.